The zero-order chi connectivity index (χ0) is 9.42. The molecule has 1 saturated carbocycles. The number of hydrogen-bond donors (Lipinski definition) is 2. The monoisotopic (exact) mass is 181 g/mol. The molecule has 0 atom stereocenters. The van der Waals surface area contributed by atoms with Crippen molar-refractivity contribution in [2.75, 3.05) is 0 Å². The predicted molar refractivity (Wildman–Crippen MR) is 45.0 cm³/mol. The second-order valence-electron chi connectivity index (χ2n) is 3.30. The number of rotatable bonds is 2. The van der Waals surface area contributed by atoms with Crippen LogP contribution < -0.4 is 5.73 Å². The minimum atomic E-state index is -0.522. The Morgan fingerprint density at radius 1 is 1.69 bits per heavy atom. The van der Waals surface area contributed by atoms with Crippen molar-refractivity contribution in [1.82, 2.24) is 9.55 Å². The third-order valence-corrected chi connectivity index (χ3v) is 2.37. The number of aliphatic hydroxyl groups excluding tert-OH is 1. The summed E-state index contributed by atoms with van der Waals surface area (Å²) in [7, 11) is 0. The molecule has 0 bridgehead atoms. The second kappa shape index (κ2) is 2.85. The van der Waals surface area contributed by atoms with E-state index in [4.69, 9.17) is 10.8 Å². The first-order valence-electron chi connectivity index (χ1n) is 4.19. The van der Waals surface area contributed by atoms with Crippen molar-refractivity contribution in [3.8, 4) is 0 Å². The SMILES string of the molecule is NC(=O)c1nccn1C1CC(O)C1. The van der Waals surface area contributed by atoms with Crippen LogP contribution in [-0.4, -0.2) is 26.7 Å². The Morgan fingerprint density at radius 2 is 2.38 bits per heavy atom. The van der Waals surface area contributed by atoms with Gasteiger partial charge in [0.25, 0.3) is 5.91 Å². The van der Waals surface area contributed by atoms with E-state index in [-0.39, 0.29) is 18.0 Å². The Labute approximate surface area is 75.2 Å². The molecule has 0 aromatic carbocycles. The lowest BCUT2D eigenvalue weighted by Crippen LogP contribution is -2.33. The van der Waals surface area contributed by atoms with Crippen molar-refractivity contribution in [2.24, 2.45) is 5.73 Å². The van der Waals surface area contributed by atoms with Crippen molar-refractivity contribution in [3.05, 3.63) is 18.2 Å². The van der Waals surface area contributed by atoms with Gasteiger partial charge in [-0.3, -0.25) is 4.79 Å². The first kappa shape index (κ1) is 8.25. The van der Waals surface area contributed by atoms with Crippen LogP contribution in [0.3, 0.4) is 0 Å². The molecule has 3 N–H and O–H groups in total. The molecule has 13 heavy (non-hydrogen) atoms. The maximum Gasteiger partial charge on any atom is 0.284 e. The number of hydrogen-bond acceptors (Lipinski definition) is 3. The highest BCUT2D eigenvalue weighted by Crippen LogP contribution is 2.32. The second-order valence-corrected chi connectivity index (χ2v) is 3.30. The molecule has 0 radical (unpaired) electrons. The molecular formula is C8H11N3O2. The molecular weight excluding hydrogens is 170 g/mol. The van der Waals surface area contributed by atoms with Crippen LogP contribution in [-0.2, 0) is 0 Å². The number of aromatic nitrogens is 2. The lowest BCUT2D eigenvalue weighted by molar-refractivity contribution is 0.0468. The van der Waals surface area contributed by atoms with Gasteiger partial charge in [-0.2, -0.15) is 0 Å². The molecule has 0 aliphatic heterocycles. The van der Waals surface area contributed by atoms with Gasteiger partial charge in [0.2, 0.25) is 0 Å². The van der Waals surface area contributed by atoms with Crippen molar-refractivity contribution in [1.29, 1.82) is 0 Å². The summed E-state index contributed by atoms with van der Waals surface area (Å²) in [5.41, 5.74) is 5.13. The van der Waals surface area contributed by atoms with Crippen LogP contribution in [0.15, 0.2) is 12.4 Å². The summed E-state index contributed by atoms with van der Waals surface area (Å²) in [6, 6.07) is 0.181. The number of carbonyl (C=O) groups is 1. The highest BCUT2D eigenvalue weighted by molar-refractivity contribution is 5.89. The van der Waals surface area contributed by atoms with Crippen LogP contribution in [0.1, 0.15) is 29.5 Å². The van der Waals surface area contributed by atoms with E-state index < -0.39 is 5.91 Å². The van der Waals surface area contributed by atoms with Crippen molar-refractivity contribution in [3.63, 3.8) is 0 Å². The summed E-state index contributed by atoms with van der Waals surface area (Å²) in [5, 5.41) is 9.10. The number of nitrogens with two attached hydrogens (primary N) is 1. The largest absolute Gasteiger partial charge is 0.393 e. The Hall–Kier alpha value is -1.36. The highest BCUT2D eigenvalue weighted by atomic mass is 16.3. The molecule has 1 fully saturated rings. The Balaban J connectivity index is 2.20. The molecule has 0 saturated heterocycles. The topological polar surface area (TPSA) is 81.1 Å². The quantitative estimate of drug-likeness (QED) is 0.656. The first-order valence-corrected chi connectivity index (χ1v) is 4.19. The molecule has 1 aromatic rings. The minimum absolute atomic E-state index is 0.181. The molecule has 1 aromatic heterocycles. The summed E-state index contributed by atoms with van der Waals surface area (Å²) in [6.45, 7) is 0. The van der Waals surface area contributed by atoms with Crippen LogP contribution in [0.25, 0.3) is 0 Å². The fourth-order valence-electron chi connectivity index (χ4n) is 1.58. The summed E-state index contributed by atoms with van der Waals surface area (Å²) in [5.74, 6) is -0.247. The minimum Gasteiger partial charge on any atom is -0.393 e. The standard InChI is InChI=1S/C8H11N3O2/c9-7(13)8-10-1-2-11(8)5-3-6(12)4-5/h1-2,5-6,12H,3-4H2,(H2,9,13). The number of imidazole rings is 1. The normalized spacial score (nSPS) is 26.8. The third kappa shape index (κ3) is 1.31. The summed E-state index contributed by atoms with van der Waals surface area (Å²) >= 11 is 0. The highest BCUT2D eigenvalue weighted by Gasteiger charge is 2.30. The van der Waals surface area contributed by atoms with E-state index in [0.29, 0.717) is 12.8 Å². The van der Waals surface area contributed by atoms with Crippen molar-refractivity contribution in [2.45, 2.75) is 25.0 Å². The summed E-state index contributed by atoms with van der Waals surface area (Å²) < 4.78 is 1.73. The molecule has 5 nitrogen and oxygen atoms in total. The van der Waals surface area contributed by atoms with E-state index in [1.807, 2.05) is 0 Å². The van der Waals surface area contributed by atoms with E-state index in [1.165, 1.54) is 0 Å². The van der Waals surface area contributed by atoms with Gasteiger partial charge in [-0.15, -0.1) is 0 Å². The first-order chi connectivity index (χ1) is 6.18. The molecule has 1 aliphatic rings. The number of aliphatic hydroxyl groups is 1. The number of nitrogens with zero attached hydrogens (tertiary/aromatic N) is 2. The summed E-state index contributed by atoms with van der Waals surface area (Å²) in [4.78, 5) is 14.7. The molecule has 1 aliphatic carbocycles. The van der Waals surface area contributed by atoms with Gasteiger partial charge < -0.3 is 15.4 Å². The van der Waals surface area contributed by atoms with Crippen molar-refractivity contribution < 1.29 is 9.90 Å². The van der Waals surface area contributed by atoms with Crippen molar-refractivity contribution >= 4 is 5.91 Å². The van der Waals surface area contributed by atoms with Gasteiger partial charge in [0.15, 0.2) is 5.82 Å². The maximum atomic E-state index is 10.9. The van der Waals surface area contributed by atoms with E-state index in [2.05, 4.69) is 4.98 Å². The van der Waals surface area contributed by atoms with Gasteiger partial charge in [0.05, 0.1) is 6.10 Å². The van der Waals surface area contributed by atoms with Gasteiger partial charge in [-0.25, -0.2) is 4.98 Å². The van der Waals surface area contributed by atoms with E-state index >= 15 is 0 Å². The molecule has 0 spiro atoms. The lowest BCUT2D eigenvalue weighted by Gasteiger charge is -2.32. The molecule has 1 heterocycles. The average molecular weight is 181 g/mol. The van der Waals surface area contributed by atoms with Crippen LogP contribution in [0.4, 0.5) is 0 Å². The third-order valence-electron chi connectivity index (χ3n) is 2.37. The Bertz CT molecular complexity index is 328. The lowest BCUT2D eigenvalue weighted by atomic mass is 9.89. The van der Waals surface area contributed by atoms with Crippen LogP contribution >= 0.6 is 0 Å². The molecule has 1 amide bonds. The number of primary amides is 1. The van der Waals surface area contributed by atoms with E-state index in [0.717, 1.165) is 0 Å². The smallest absolute Gasteiger partial charge is 0.284 e. The molecule has 2 rings (SSSR count). The van der Waals surface area contributed by atoms with Gasteiger partial charge >= 0.3 is 0 Å². The van der Waals surface area contributed by atoms with Gasteiger partial charge in [0, 0.05) is 18.4 Å². The Kier molecular flexibility index (Phi) is 1.81. The average Bonchev–Trinajstić information content (AvgIpc) is 2.45. The summed E-state index contributed by atoms with van der Waals surface area (Å²) in [6.07, 6.45) is 4.38. The van der Waals surface area contributed by atoms with Crippen LogP contribution in [0.5, 0.6) is 0 Å². The number of amides is 1. The van der Waals surface area contributed by atoms with Gasteiger partial charge in [-0.1, -0.05) is 0 Å². The van der Waals surface area contributed by atoms with Gasteiger partial charge in [0.1, 0.15) is 0 Å². The fourth-order valence-corrected chi connectivity index (χ4v) is 1.58. The van der Waals surface area contributed by atoms with Crippen LogP contribution in [0.2, 0.25) is 0 Å². The number of carbonyl (C=O) groups excluding carboxylic acids is 1. The zero-order valence-electron chi connectivity index (χ0n) is 7.05. The molecule has 70 valence electrons. The molecule has 0 unspecified atom stereocenters. The van der Waals surface area contributed by atoms with Crippen LogP contribution in [0, 0.1) is 0 Å². The fraction of sp³-hybridized carbons (Fsp3) is 0.500. The van der Waals surface area contributed by atoms with E-state index in [9.17, 15) is 4.79 Å². The molecule has 5 heteroatoms. The zero-order valence-corrected chi connectivity index (χ0v) is 7.05. The maximum absolute atomic E-state index is 10.9. The van der Waals surface area contributed by atoms with Gasteiger partial charge in [-0.05, 0) is 12.8 Å². The Morgan fingerprint density at radius 3 is 2.92 bits per heavy atom. The van der Waals surface area contributed by atoms with E-state index in [1.54, 1.807) is 17.0 Å². The predicted octanol–water partition coefficient (Wildman–Crippen LogP) is -0.322.